The molecule has 2 unspecified atom stereocenters. The number of allylic oxidation sites excluding steroid dienone is 2. The summed E-state index contributed by atoms with van der Waals surface area (Å²) in [4.78, 5) is 4.00. The second kappa shape index (κ2) is 6.70. The predicted molar refractivity (Wildman–Crippen MR) is 95.5 cm³/mol. The summed E-state index contributed by atoms with van der Waals surface area (Å²) in [6.45, 7) is 8.74. The second-order valence-electron chi connectivity index (χ2n) is 6.26. The number of quaternary nitrogens is 1. The molecule has 0 N–H and O–H groups in total. The van der Waals surface area contributed by atoms with Crippen LogP contribution < -0.4 is 0 Å². The van der Waals surface area contributed by atoms with Crippen molar-refractivity contribution in [3.8, 4) is 0 Å². The van der Waals surface area contributed by atoms with Crippen molar-refractivity contribution >= 4 is 11.8 Å². The molecule has 2 nitrogen and oxygen atoms in total. The molecule has 0 amide bonds. The summed E-state index contributed by atoms with van der Waals surface area (Å²) in [6.07, 6.45) is 8.10. The minimum atomic E-state index is -0.167. The van der Waals surface area contributed by atoms with Gasteiger partial charge in [-0.05, 0) is 42.8 Å². The highest BCUT2D eigenvalue weighted by molar-refractivity contribution is 8.03. The lowest BCUT2D eigenvalue weighted by Gasteiger charge is -2.35. The van der Waals surface area contributed by atoms with Crippen molar-refractivity contribution in [2.24, 2.45) is 0 Å². The summed E-state index contributed by atoms with van der Waals surface area (Å²) in [5, 5.41) is 0. The van der Waals surface area contributed by atoms with Crippen LogP contribution in [0, 0.1) is 5.82 Å². The highest BCUT2D eigenvalue weighted by Crippen LogP contribution is 2.51. The van der Waals surface area contributed by atoms with Crippen molar-refractivity contribution in [1.82, 2.24) is 4.90 Å². The van der Waals surface area contributed by atoms with Crippen molar-refractivity contribution in [2.75, 3.05) is 6.54 Å². The standard InChI is InChI=1S/C19H26FN2S/c1-4-7-18-17(5-2)22(6-3)13-12-21(19(22)23-18)14-15-8-10-16(20)11-9-15/h8-13,19H,4-7,14H2,1-3H3/q+1. The lowest BCUT2D eigenvalue weighted by atomic mass is 10.2. The molecular weight excluding hydrogens is 307 g/mol. The largest absolute Gasteiger partial charge is 0.310 e. The zero-order chi connectivity index (χ0) is 16.4. The fourth-order valence-corrected chi connectivity index (χ4v) is 5.58. The van der Waals surface area contributed by atoms with Crippen molar-refractivity contribution in [1.29, 1.82) is 0 Å². The number of benzene rings is 1. The normalized spacial score (nSPS) is 26.3. The smallest absolute Gasteiger partial charge is 0.226 e. The lowest BCUT2D eigenvalue weighted by molar-refractivity contribution is -0.852. The Hall–Kier alpha value is -1.26. The first-order chi connectivity index (χ1) is 11.1. The molecule has 0 radical (unpaired) electrons. The fraction of sp³-hybridized carbons (Fsp3) is 0.474. The van der Waals surface area contributed by atoms with E-state index in [1.165, 1.54) is 12.8 Å². The Balaban J connectivity index is 1.84. The van der Waals surface area contributed by atoms with E-state index in [4.69, 9.17) is 0 Å². The summed E-state index contributed by atoms with van der Waals surface area (Å²) in [7, 11) is 0. The van der Waals surface area contributed by atoms with Crippen molar-refractivity contribution in [3.05, 3.63) is 58.6 Å². The number of thioether (sulfide) groups is 1. The minimum Gasteiger partial charge on any atom is -0.310 e. The maximum atomic E-state index is 13.1. The minimum absolute atomic E-state index is 0.167. The number of nitrogens with zero attached hydrogens (tertiary/aromatic N) is 2. The van der Waals surface area contributed by atoms with Crippen molar-refractivity contribution in [2.45, 2.75) is 52.1 Å². The van der Waals surface area contributed by atoms with Crippen molar-refractivity contribution in [3.63, 3.8) is 0 Å². The van der Waals surface area contributed by atoms with E-state index < -0.39 is 0 Å². The average Bonchev–Trinajstić information content (AvgIpc) is 3.04. The number of rotatable bonds is 6. The zero-order valence-corrected chi connectivity index (χ0v) is 15.1. The van der Waals surface area contributed by atoms with Crippen LogP contribution in [0.2, 0.25) is 0 Å². The van der Waals surface area contributed by atoms with E-state index in [-0.39, 0.29) is 5.82 Å². The third kappa shape index (κ3) is 2.83. The maximum absolute atomic E-state index is 13.1. The molecule has 4 heteroatoms. The number of hydrogen-bond acceptors (Lipinski definition) is 2. The predicted octanol–water partition coefficient (Wildman–Crippen LogP) is 5.40. The van der Waals surface area contributed by atoms with E-state index in [1.807, 2.05) is 23.9 Å². The van der Waals surface area contributed by atoms with Gasteiger partial charge in [0.2, 0.25) is 5.50 Å². The van der Waals surface area contributed by atoms with Gasteiger partial charge < -0.3 is 4.90 Å². The topological polar surface area (TPSA) is 3.24 Å². The zero-order valence-electron chi connectivity index (χ0n) is 14.3. The van der Waals surface area contributed by atoms with Gasteiger partial charge in [-0.2, -0.15) is 0 Å². The van der Waals surface area contributed by atoms with E-state index in [2.05, 4.69) is 38.1 Å². The van der Waals surface area contributed by atoms with E-state index >= 15 is 0 Å². The van der Waals surface area contributed by atoms with Crippen LogP contribution in [0.3, 0.4) is 0 Å². The Morgan fingerprint density at radius 3 is 2.52 bits per heavy atom. The molecule has 1 aromatic rings. The van der Waals surface area contributed by atoms with Gasteiger partial charge in [-0.25, -0.2) is 8.87 Å². The van der Waals surface area contributed by atoms with Gasteiger partial charge in [0.25, 0.3) is 0 Å². The van der Waals surface area contributed by atoms with Gasteiger partial charge in [-0.15, -0.1) is 0 Å². The molecule has 124 valence electrons. The van der Waals surface area contributed by atoms with Gasteiger partial charge in [0.15, 0.2) is 0 Å². The summed E-state index contributed by atoms with van der Waals surface area (Å²) >= 11 is 2.03. The maximum Gasteiger partial charge on any atom is 0.226 e. The highest BCUT2D eigenvalue weighted by Gasteiger charge is 2.51. The van der Waals surface area contributed by atoms with Crippen LogP contribution >= 0.6 is 11.8 Å². The molecule has 0 saturated heterocycles. The van der Waals surface area contributed by atoms with Gasteiger partial charge in [0.1, 0.15) is 17.7 Å². The van der Waals surface area contributed by atoms with E-state index in [0.717, 1.165) is 29.6 Å². The third-order valence-electron chi connectivity index (χ3n) is 4.89. The fourth-order valence-electron chi connectivity index (χ4n) is 3.73. The summed E-state index contributed by atoms with van der Waals surface area (Å²) in [5.41, 5.74) is 3.15. The number of hydrogen-bond donors (Lipinski definition) is 0. The van der Waals surface area contributed by atoms with Crippen LogP contribution in [-0.2, 0) is 6.54 Å². The quantitative estimate of drug-likeness (QED) is 0.641. The van der Waals surface area contributed by atoms with E-state index in [0.29, 0.717) is 5.50 Å². The molecular formula is C19H26FN2S+. The van der Waals surface area contributed by atoms with Gasteiger partial charge in [-0.1, -0.05) is 32.4 Å². The number of halogens is 1. The van der Waals surface area contributed by atoms with Gasteiger partial charge in [0.05, 0.1) is 12.7 Å². The number of fused-ring (bicyclic) bond motifs is 1. The van der Waals surface area contributed by atoms with Crippen LogP contribution in [0.1, 0.15) is 45.6 Å². The summed E-state index contributed by atoms with van der Waals surface area (Å²) in [5.74, 6) is -0.167. The third-order valence-corrected chi connectivity index (χ3v) is 6.47. The molecule has 0 fully saturated rings. The molecule has 3 rings (SSSR count). The molecule has 23 heavy (non-hydrogen) atoms. The average molecular weight is 333 g/mol. The molecule has 0 saturated carbocycles. The Morgan fingerprint density at radius 1 is 1.17 bits per heavy atom. The Bertz CT molecular complexity index is 623. The van der Waals surface area contributed by atoms with Crippen LogP contribution in [0.4, 0.5) is 4.39 Å². The van der Waals surface area contributed by atoms with Crippen LogP contribution in [0.5, 0.6) is 0 Å². The monoisotopic (exact) mass is 333 g/mol. The molecule has 0 aliphatic carbocycles. The Kier molecular flexibility index (Phi) is 4.83. The molecule has 2 atom stereocenters. The molecule has 2 heterocycles. The lowest BCUT2D eigenvalue weighted by Crippen LogP contribution is -2.48. The molecule has 0 aromatic heterocycles. The second-order valence-corrected chi connectivity index (χ2v) is 7.41. The molecule has 2 aliphatic rings. The summed E-state index contributed by atoms with van der Waals surface area (Å²) in [6, 6.07) is 6.89. The highest BCUT2D eigenvalue weighted by atomic mass is 32.2. The first-order valence-corrected chi connectivity index (χ1v) is 9.48. The molecule has 2 aliphatic heterocycles. The SMILES string of the molecule is CCCC1=C(CC)[N+]2(CC)C=CN(Cc3ccc(F)cc3)C2S1. The summed E-state index contributed by atoms with van der Waals surface area (Å²) < 4.78 is 14.1. The van der Waals surface area contributed by atoms with Crippen molar-refractivity contribution < 1.29 is 8.87 Å². The molecule has 0 spiro atoms. The first-order valence-electron chi connectivity index (χ1n) is 8.60. The Morgan fingerprint density at radius 2 is 1.91 bits per heavy atom. The Labute approximate surface area is 143 Å². The van der Waals surface area contributed by atoms with Crippen LogP contribution in [-0.4, -0.2) is 21.4 Å². The molecule has 0 bridgehead atoms. The van der Waals surface area contributed by atoms with E-state index in [9.17, 15) is 4.39 Å². The van der Waals surface area contributed by atoms with Gasteiger partial charge in [0, 0.05) is 17.9 Å². The van der Waals surface area contributed by atoms with E-state index in [1.54, 1.807) is 22.7 Å². The van der Waals surface area contributed by atoms with Crippen LogP contribution in [0.15, 0.2) is 47.3 Å². The molecule has 1 aromatic carbocycles. The van der Waals surface area contributed by atoms with Crippen LogP contribution in [0.25, 0.3) is 0 Å². The van der Waals surface area contributed by atoms with Gasteiger partial charge in [-0.3, -0.25) is 0 Å². The van der Waals surface area contributed by atoms with Gasteiger partial charge >= 0.3 is 0 Å². The first kappa shape index (κ1) is 16.6.